The van der Waals surface area contributed by atoms with Crippen molar-refractivity contribution >= 4 is 39.9 Å². The number of anilines is 2. The van der Waals surface area contributed by atoms with E-state index in [0.717, 1.165) is 11.3 Å². The highest BCUT2D eigenvalue weighted by atomic mass is 32.1. The fourth-order valence-corrected chi connectivity index (χ4v) is 3.25. The van der Waals surface area contributed by atoms with Crippen molar-refractivity contribution in [1.29, 1.82) is 0 Å². The van der Waals surface area contributed by atoms with Gasteiger partial charge in [0.15, 0.2) is 5.13 Å². The Morgan fingerprint density at radius 1 is 1.36 bits per heavy atom. The molecule has 1 aromatic carbocycles. The first kappa shape index (κ1) is 17.1. The Morgan fingerprint density at radius 3 is 2.92 bits per heavy atom. The average Bonchev–Trinajstić information content (AvgIpc) is 3.16. The first-order valence-electron chi connectivity index (χ1n) is 7.91. The number of nitrogens with one attached hydrogen (secondary N) is 3. The summed E-state index contributed by atoms with van der Waals surface area (Å²) in [6, 6.07) is 7.04. The molecule has 3 N–H and O–H groups in total. The highest BCUT2D eigenvalue weighted by Gasteiger charge is 2.27. The summed E-state index contributed by atoms with van der Waals surface area (Å²) in [5, 5.41) is 10.3. The number of benzene rings is 1. The summed E-state index contributed by atoms with van der Waals surface area (Å²) >= 11 is 1.25. The van der Waals surface area contributed by atoms with Crippen molar-refractivity contribution in [3.05, 3.63) is 40.9 Å². The van der Waals surface area contributed by atoms with Crippen molar-refractivity contribution < 1.29 is 14.4 Å². The van der Waals surface area contributed by atoms with Crippen LogP contribution in [0.4, 0.5) is 10.8 Å². The van der Waals surface area contributed by atoms with Gasteiger partial charge in [0.05, 0.1) is 12.1 Å². The zero-order valence-electron chi connectivity index (χ0n) is 13.7. The fourth-order valence-electron chi connectivity index (χ4n) is 2.54. The van der Waals surface area contributed by atoms with Crippen LogP contribution >= 0.6 is 11.3 Å². The second-order valence-electron chi connectivity index (χ2n) is 5.89. The van der Waals surface area contributed by atoms with Crippen molar-refractivity contribution in [2.24, 2.45) is 0 Å². The number of aromatic nitrogens is 1. The minimum absolute atomic E-state index is 0.118. The molecule has 25 heavy (non-hydrogen) atoms. The monoisotopic (exact) mass is 358 g/mol. The first-order valence-corrected chi connectivity index (χ1v) is 8.79. The molecule has 0 bridgehead atoms. The molecule has 1 atom stereocenters. The highest BCUT2D eigenvalue weighted by molar-refractivity contribution is 7.13. The summed E-state index contributed by atoms with van der Waals surface area (Å²) in [6.45, 7) is 1.96. The molecule has 1 aliphatic heterocycles. The summed E-state index contributed by atoms with van der Waals surface area (Å²) in [7, 11) is 0. The lowest BCUT2D eigenvalue weighted by Gasteiger charge is -2.08. The molecule has 7 nitrogen and oxygen atoms in total. The predicted molar refractivity (Wildman–Crippen MR) is 95.4 cm³/mol. The van der Waals surface area contributed by atoms with E-state index >= 15 is 0 Å². The molecule has 1 aliphatic rings. The number of amides is 3. The van der Waals surface area contributed by atoms with Gasteiger partial charge >= 0.3 is 0 Å². The van der Waals surface area contributed by atoms with Gasteiger partial charge in [-0.2, -0.15) is 0 Å². The number of nitrogens with zero attached hydrogens (tertiary/aromatic N) is 1. The van der Waals surface area contributed by atoms with Crippen molar-refractivity contribution in [3.8, 4) is 0 Å². The Bertz CT molecular complexity index is 818. The van der Waals surface area contributed by atoms with E-state index in [0.29, 0.717) is 23.7 Å². The van der Waals surface area contributed by atoms with E-state index in [1.165, 1.54) is 11.3 Å². The van der Waals surface area contributed by atoms with Crippen LogP contribution in [-0.2, 0) is 20.8 Å². The number of carbonyl (C=O) groups is 3. The van der Waals surface area contributed by atoms with Gasteiger partial charge in [-0.15, -0.1) is 11.3 Å². The third-order valence-electron chi connectivity index (χ3n) is 3.74. The van der Waals surface area contributed by atoms with Gasteiger partial charge < -0.3 is 16.0 Å². The molecule has 8 heteroatoms. The van der Waals surface area contributed by atoms with Gasteiger partial charge in [-0.25, -0.2) is 4.98 Å². The number of thiazole rings is 1. The van der Waals surface area contributed by atoms with E-state index in [1.807, 2.05) is 31.2 Å². The second kappa shape index (κ2) is 7.43. The summed E-state index contributed by atoms with van der Waals surface area (Å²) < 4.78 is 0. The van der Waals surface area contributed by atoms with Gasteiger partial charge in [0.25, 0.3) is 0 Å². The van der Waals surface area contributed by atoms with Crippen molar-refractivity contribution in [1.82, 2.24) is 10.3 Å². The van der Waals surface area contributed by atoms with E-state index < -0.39 is 6.04 Å². The number of hydrogen-bond acceptors (Lipinski definition) is 5. The van der Waals surface area contributed by atoms with Gasteiger partial charge in [0, 0.05) is 17.5 Å². The number of aryl methyl sites for hydroxylation is 1. The quantitative estimate of drug-likeness (QED) is 0.759. The maximum Gasteiger partial charge on any atom is 0.248 e. The lowest BCUT2D eigenvalue weighted by Crippen LogP contribution is -2.37. The maximum absolute atomic E-state index is 12.1. The van der Waals surface area contributed by atoms with Crippen molar-refractivity contribution in [2.45, 2.75) is 32.2 Å². The molecule has 1 aromatic heterocycles. The summed E-state index contributed by atoms with van der Waals surface area (Å²) in [5.41, 5.74) is 2.39. The van der Waals surface area contributed by atoms with Crippen LogP contribution in [0.1, 0.15) is 24.1 Å². The molecular formula is C17H18N4O3S. The highest BCUT2D eigenvalue weighted by Crippen LogP contribution is 2.18. The van der Waals surface area contributed by atoms with Crippen LogP contribution < -0.4 is 16.0 Å². The normalized spacial score (nSPS) is 16.4. The molecule has 3 amide bonds. The Balaban J connectivity index is 1.53. The maximum atomic E-state index is 12.1. The SMILES string of the molecule is Cc1cccc(NC(=O)Cc2csc(NC(=O)[C@@H]3CCC(=O)N3)n2)c1. The van der Waals surface area contributed by atoms with Gasteiger partial charge in [0.2, 0.25) is 17.7 Å². The molecule has 130 valence electrons. The van der Waals surface area contributed by atoms with Crippen LogP contribution in [0.5, 0.6) is 0 Å². The van der Waals surface area contributed by atoms with E-state index in [1.54, 1.807) is 5.38 Å². The zero-order chi connectivity index (χ0) is 17.8. The molecule has 0 spiro atoms. The summed E-state index contributed by atoms with van der Waals surface area (Å²) in [6.07, 6.45) is 0.975. The van der Waals surface area contributed by atoms with Crippen LogP contribution in [0.25, 0.3) is 0 Å². The summed E-state index contributed by atoms with van der Waals surface area (Å²) in [4.78, 5) is 39.5. The van der Waals surface area contributed by atoms with Crippen LogP contribution in [-0.4, -0.2) is 28.7 Å². The molecule has 0 saturated carbocycles. The molecule has 2 aromatic rings. The molecule has 1 saturated heterocycles. The van der Waals surface area contributed by atoms with Gasteiger partial charge in [0.1, 0.15) is 6.04 Å². The number of carbonyl (C=O) groups excluding carboxylic acids is 3. The van der Waals surface area contributed by atoms with Crippen LogP contribution in [0, 0.1) is 6.92 Å². The minimum atomic E-state index is -0.510. The molecular weight excluding hydrogens is 340 g/mol. The fraction of sp³-hybridized carbons (Fsp3) is 0.294. The predicted octanol–water partition coefficient (Wildman–Crippen LogP) is 1.85. The lowest BCUT2D eigenvalue weighted by molar-refractivity contribution is -0.122. The molecule has 0 radical (unpaired) electrons. The van der Waals surface area contributed by atoms with Gasteiger partial charge in [-0.3, -0.25) is 14.4 Å². The van der Waals surface area contributed by atoms with E-state index in [-0.39, 0.29) is 24.1 Å². The summed E-state index contributed by atoms with van der Waals surface area (Å²) in [5.74, 6) is -0.569. The van der Waals surface area contributed by atoms with E-state index in [2.05, 4.69) is 20.9 Å². The molecule has 3 rings (SSSR count). The van der Waals surface area contributed by atoms with Crippen LogP contribution in [0.15, 0.2) is 29.6 Å². The van der Waals surface area contributed by atoms with E-state index in [9.17, 15) is 14.4 Å². The van der Waals surface area contributed by atoms with Crippen molar-refractivity contribution in [3.63, 3.8) is 0 Å². The Kier molecular flexibility index (Phi) is 5.08. The minimum Gasteiger partial charge on any atom is -0.344 e. The first-order chi connectivity index (χ1) is 12.0. The van der Waals surface area contributed by atoms with Gasteiger partial charge in [-0.1, -0.05) is 12.1 Å². The number of hydrogen-bond donors (Lipinski definition) is 3. The Labute approximate surface area is 148 Å². The van der Waals surface area contributed by atoms with Crippen LogP contribution in [0.3, 0.4) is 0 Å². The molecule has 2 heterocycles. The van der Waals surface area contributed by atoms with Gasteiger partial charge in [-0.05, 0) is 31.0 Å². The van der Waals surface area contributed by atoms with Crippen LogP contribution in [0.2, 0.25) is 0 Å². The van der Waals surface area contributed by atoms with E-state index in [4.69, 9.17) is 0 Å². The molecule has 1 fully saturated rings. The molecule has 0 aliphatic carbocycles. The van der Waals surface area contributed by atoms with Crippen molar-refractivity contribution in [2.75, 3.05) is 10.6 Å². The topological polar surface area (TPSA) is 100 Å². The zero-order valence-corrected chi connectivity index (χ0v) is 14.5. The smallest absolute Gasteiger partial charge is 0.248 e. The largest absolute Gasteiger partial charge is 0.344 e. The standard InChI is InChI=1S/C17H18N4O3S/c1-10-3-2-4-11(7-10)18-15(23)8-12-9-25-17(19-12)21-16(24)13-5-6-14(22)20-13/h2-4,7,9,13H,5-6,8H2,1H3,(H,18,23)(H,20,22)(H,19,21,24)/t13-/m0/s1. The molecule has 0 unspecified atom stereocenters. The lowest BCUT2D eigenvalue weighted by atomic mass is 10.2. The average molecular weight is 358 g/mol. The third kappa shape index (κ3) is 4.63. The Hall–Kier alpha value is -2.74. The Morgan fingerprint density at radius 2 is 2.20 bits per heavy atom. The third-order valence-corrected chi connectivity index (χ3v) is 4.54. The number of rotatable bonds is 5. The second-order valence-corrected chi connectivity index (χ2v) is 6.74.